The number of hydrogen-bond acceptors (Lipinski definition) is 6. The van der Waals surface area contributed by atoms with Crippen molar-refractivity contribution >= 4 is 5.97 Å². The number of benzene rings is 1. The molecular weight excluding hydrogens is 508 g/mol. The molecule has 3 fully saturated rings. The second-order valence-corrected chi connectivity index (χ2v) is 11.4. The topological polar surface area (TPSA) is 94.5 Å². The molecular formula is C33H48O7. The fourth-order valence-electron chi connectivity index (χ4n) is 6.01. The minimum atomic E-state index is -0.766. The normalized spacial score (nSPS) is 30.2. The van der Waals surface area contributed by atoms with Crippen LogP contribution < -0.4 is 0 Å². The molecule has 1 aromatic rings. The van der Waals surface area contributed by atoms with Crippen molar-refractivity contribution in [3.05, 3.63) is 60.2 Å². The Balaban J connectivity index is 1.44. The monoisotopic (exact) mass is 556 g/mol. The highest BCUT2D eigenvalue weighted by molar-refractivity contribution is 5.66. The van der Waals surface area contributed by atoms with Crippen LogP contribution in [0.25, 0.3) is 0 Å². The Morgan fingerprint density at radius 3 is 2.48 bits per heavy atom. The number of rotatable bonds is 15. The van der Waals surface area contributed by atoms with Crippen LogP contribution in [-0.4, -0.2) is 60.3 Å². The number of aliphatic carboxylic acids is 1. The molecule has 0 radical (unpaired) electrons. The summed E-state index contributed by atoms with van der Waals surface area (Å²) < 4.78 is 24.7. The number of unbranched alkanes of at least 4 members (excludes halogenated alkanes) is 1. The molecule has 40 heavy (non-hydrogen) atoms. The van der Waals surface area contributed by atoms with Gasteiger partial charge in [-0.05, 0) is 82.1 Å². The first-order chi connectivity index (χ1) is 19.6. The molecule has 0 bridgehead atoms. The van der Waals surface area contributed by atoms with Crippen molar-refractivity contribution in [1.82, 2.24) is 0 Å². The first-order valence-electron chi connectivity index (χ1n) is 15.4. The van der Waals surface area contributed by atoms with E-state index < -0.39 is 12.1 Å². The highest BCUT2D eigenvalue weighted by Crippen LogP contribution is 2.39. The van der Waals surface area contributed by atoms with Crippen molar-refractivity contribution in [2.24, 2.45) is 11.8 Å². The van der Waals surface area contributed by atoms with Crippen LogP contribution in [0.2, 0.25) is 0 Å². The van der Waals surface area contributed by atoms with Crippen LogP contribution in [0.5, 0.6) is 0 Å². The smallest absolute Gasteiger partial charge is 0.303 e. The maximum atomic E-state index is 11.1. The number of allylic oxidation sites excluding steroid dienone is 2. The van der Waals surface area contributed by atoms with E-state index in [2.05, 4.69) is 42.5 Å². The number of carbonyl (C=O) groups is 1. The zero-order chi connectivity index (χ0) is 28.0. The Hall–Kier alpha value is -2.03. The van der Waals surface area contributed by atoms with Gasteiger partial charge in [-0.15, -0.1) is 0 Å². The van der Waals surface area contributed by atoms with Gasteiger partial charge in [0.1, 0.15) is 0 Å². The second-order valence-electron chi connectivity index (χ2n) is 11.4. The Morgan fingerprint density at radius 1 is 1.02 bits per heavy atom. The number of ether oxygens (including phenoxy) is 4. The Bertz CT molecular complexity index is 905. The van der Waals surface area contributed by atoms with Crippen LogP contribution in [0.3, 0.4) is 0 Å². The lowest BCUT2D eigenvalue weighted by atomic mass is 9.89. The van der Waals surface area contributed by atoms with Crippen LogP contribution in [0, 0.1) is 11.8 Å². The number of carboxylic acid groups (broad SMARTS) is 1. The van der Waals surface area contributed by atoms with Gasteiger partial charge in [0.25, 0.3) is 0 Å². The Kier molecular flexibility index (Phi) is 13.2. The van der Waals surface area contributed by atoms with Crippen molar-refractivity contribution in [3.8, 4) is 0 Å². The van der Waals surface area contributed by atoms with Gasteiger partial charge < -0.3 is 29.2 Å². The second kappa shape index (κ2) is 17.0. The third-order valence-electron chi connectivity index (χ3n) is 8.27. The van der Waals surface area contributed by atoms with Gasteiger partial charge in [0.05, 0.1) is 18.3 Å². The van der Waals surface area contributed by atoms with Gasteiger partial charge in [-0.1, -0.05) is 54.6 Å². The summed E-state index contributed by atoms with van der Waals surface area (Å²) in [4.78, 5) is 10.8. The van der Waals surface area contributed by atoms with E-state index in [4.69, 9.17) is 24.1 Å². The lowest BCUT2D eigenvalue weighted by Crippen LogP contribution is -2.31. The molecule has 3 aliphatic rings. The fourth-order valence-corrected chi connectivity index (χ4v) is 6.01. The van der Waals surface area contributed by atoms with Gasteiger partial charge >= 0.3 is 5.97 Å². The lowest BCUT2D eigenvalue weighted by Gasteiger charge is -2.30. The quantitative estimate of drug-likeness (QED) is 0.196. The number of carboxylic acids is 1. The molecule has 2 heterocycles. The number of aliphatic hydroxyl groups excluding tert-OH is 1. The number of aryl methyl sites for hydroxylation is 1. The van der Waals surface area contributed by atoms with E-state index in [9.17, 15) is 9.90 Å². The zero-order valence-electron chi connectivity index (χ0n) is 23.8. The van der Waals surface area contributed by atoms with E-state index in [-0.39, 0.29) is 43.0 Å². The minimum Gasteiger partial charge on any atom is -0.481 e. The largest absolute Gasteiger partial charge is 0.481 e. The summed E-state index contributed by atoms with van der Waals surface area (Å²) in [5.74, 6) is -0.724. The molecule has 4 rings (SSSR count). The molecule has 2 aliphatic heterocycles. The summed E-state index contributed by atoms with van der Waals surface area (Å²) in [6, 6.07) is 10.5. The van der Waals surface area contributed by atoms with E-state index in [1.807, 2.05) is 12.1 Å². The number of hydrogen-bond donors (Lipinski definition) is 2. The van der Waals surface area contributed by atoms with Gasteiger partial charge in [-0.3, -0.25) is 4.79 Å². The van der Waals surface area contributed by atoms with Crippen molar-refractivity contribution in [2.45, 2.75) is 114 Å². The zero-order valence-corrected chi connectivity index (χ0v) is 23.8. The van der Waals surface area contributed by atoms with Crippen LogP contribution in [0.15, 0.2) is 54.6 Å². The number of aliphatic hydroxyl groups is 1. The van der Waals surface area contributed by atoms with E-state index in [1.165, 1.54) is 5.56 Å². The van der Waals surface area contributed by atoms with Crippen molar-refractivity contribution in [1.29, 1.82) is 0 Å². The molecule has 0 amide bonds. The molecule has 2 N–H and O–H groups in total. The van der Waals surface area contributed by atoms with E-state index in [0.717, 1.165) is 77.4 Å². The van der Waals surface area contributed by atoms with Crippen molar-refractivity contribution in [3.63, 3.8) is 0 Å². The summed E-state index contributed by atoms with van der Waals surface area (Å²) >= 11 is 0. The maximum Gasteiger partial charge on any atom is 0.303 e. The molecule has 7 atom stereocenters. The average molecular weight is 557 g/mol. The molecule has 2 unspecified atom stereocenters. The predicted octanol–water partition coefficient (Wildman–Crippen LogP) is 6.20. The maximum absolute atomic E-state index is 11.1. The van der Waals surface area contributed by atoms with Gasteiger partial charge in [0.15, 0.2) is 12.6 Å². The molecule has 2 saturated heterocycles. The van der Waals surface area contributed by atoms with E-state index in [1.54, 1.807) is 0 Å². The molecule has 1 saturated carbocycles. The Morgan fingerprint density at radius 2 is 1.77 bits per heavy atom. The summed E-state index contributed by atoms with van der Waals surface area (Å²) in [7, 11) is 0. The van der Waals surface area contributed by atoms with Crippen LogP contribution >= 0.6 is 0 Å². The molecule has 0 spiro atoms. The van der Waals surface area contributed by atoms with Crippen LogP contribution in [0.4, 0.5) is 0 Å². The standard InChI is InChI=1S/C33H48O7/c34-29-24-30(40-33-17-9-11-23-38-33)28(27(29)14-6-1-2-7-15-31(35)36)21-20-26(39-32-16-8-10-22-37-32)19-18-25-12-4-3-5-13-25/h1,3-6,12-13,20-21,26-30,32-34H,2,7-11,14-19,22-24H2,(H,35,36)/t26-,27+,28-,29+,30+,32?,33?/m0/s1. The van der Waals surface area contributed by atoms with E-state index in [0.29, 0.717) is 12.8 Å². The summed E-state index contributed by atoms with van der Waals surface area (Å²) in [5, 5.41) is 20.0. The third-order valence-corrected chi connectivity index (χ3v) is 8.27. The third kappa shape index (κ3) is 10.4. The van der Waals surface area contributed by atoms with Gasteiger partial charge in [-0.25, -0.2) is 0 Å². The van der Waals surface area contributed by atoms with Crippen LogP contribution in [-0.2, 0) is 30.2 Å². The summed E-state index contributed by atoms with van der Waals surface area (Å²) in [6.45, 7) is 1.46. The minimum absolute atomic E-state index is 0.0151. The van der Waals surface area contributed by atoms with Crippen molar-refractivity contribution < 1.29 is 34.0 Å². The molecule has 7 nitrogen and oxygen atoms in total. The molecule has 1 aliphatic carbocycles. The fraction of sp³-hybridized carbons (Fsp3) is 0.667. The van der Waals surface area contributed by atoms with E-state index >= 15 is 0 Å². The molecule has 7 heteroatoms. The molecule has 0 aromatic heterocycles. The van der Waals surface area contributed by atoms with Gasteiger partial charge in [0, 0.05) is 32.0 Å². The lowest BCUT2D eigenvalue weighted by molar-refractivity contribution is -0.193. The predicted molar refractivity (Wildman–Crippen MR) is 154 cm³/mol. The van der Waals surface area contributed by atoms with Crippen LogP contribution in [0.1, 0.15) is 82.6 Å². The Labute approximate surface area is 239 Å². The molecule has 1 aromatic carbocycles. The summed E-state index contributed by atoms with van der Waals surface area (Å²) in [5.41, 5.74) is 1.28. The highest BCUT2D eigenvalue weighted by atomic mass is 16.7. The summed E-state index contributed by atoms with van der Waals surface area (Å²) in [6.07, 6.45) is 18.2. The van der Waals surface area contributed by atoms with Gasteiger partial charge in [-0.2, -0.15) is 0 Å². The SMILES string of the molecule is O=C(O)CCCC=CC[C@@H]1[C@H](C=C[C@H](CCc2ccccc2)OC2CCCCO2)[C@H](OC2CCCCO2)C[C@H]1O. The van der Waals surface area contributed by atoms with Crippen molar-refractivity contribution in [2.75, 3.05) is 13.2 Å². The van der Waals surface area contributed by atoms with Gasteiger partial charge in [0.2, 0.25) is 0 Å². The highest BCUT2D eigenvalue weighted by Gasteiger charge is 2.42. The molecule has 222 valence electrons. The first kappa shape index (κ1) is 30.9. The average Bonchev–Trinajstić information content (AvgIpc) is 3.26. The first-order valence-corrected chi connectivity index (χ1v) is 15.4.